The van der Waals surface area contributed by atoms with Gasteiger partial charge in [0, 0.05) is 0 Å². The SMILES string of the molecule is CSC1=NS(=O)(=O)N([C@@H]2O[C@H](COC(=O)c3ccccc3)[C@@H](OC(=O)c3ccccc3)[C@H]2OC(=O)c2ccccc2)C(=O)N1. The second-order valence-electron chi connectivity index (χ2n) is 9.31. The molecule has 0 spiro atoms. The summed E-state index contributed by atoms with van der Waals surface area (Å²) in [4.78, 5) is 52.3. The zero-order chi connectivity index (χ0) is 31.3. The van der Waals surface area contributed by atoms with Crippen LogP contribution in [0.1, 0.15) is 31.1 Å². The summed E-state index contributed by atoms with van der Waals surface area (Å²) in [6, 6.07) is 22.4. The number of nitrogens with one attached hydrogen (secondary N) is 1. The molecule has 1 fully saturated rings. The molecular formula is C29H25N3O10S2. The van der Waals surface area contributed by atoms with Crippen molar-refractivity contribution in [3.05, 3.63) is 108 Å². The van der Waals surface area contributed by atoms with Gasteiger partial charge in [0.2, 0.25) is 0 Å². The van der Waals surface area contributed by atoms with Crippen LogP contribution in [-0.2, 0) is 29.2 Å². The predicted molar refractivity (Wildman–Crippen MR) is 157 cm³/mol. The Morgan fingerprint density at radius 1 is 0.818 bits per heavy atom. The summed E-state index contributed by atoms with van der Waals surface area (Å²) in [5.74, 6) is -2.54. The third-order valence-corrected chi connectivity index (χ3v) is 8.44. The molecule has 0 saturated carbocycles. The van der Waals surface area contributed by atoms with Gasteiger partial charge in [-0.2, -0.15) is 12.7 Å². The van der Waals surface area contributed by atoms with Crippen LogP contribution in [0.3, 0.4) is 0 Å². The van der Waals surface area contributed by atoms with Crippen molar-refractivity contribution in [3.8, 4) is 0 Å². The van der Waals surface area contributed by atoms with E-state index in [9.17, 15) is 27.6 Å². The maximum absolute atomic E-state index is 13.2. The molecule has 13 nitrogen and oxygen atoms in total. The van der Waals surface area contributed by atoms with Crippen LogP contribution in [0.25, 0.3) is 0 Å². The van der Waals surface area contributed by atoms with E-state index in [0.717, 1.165) is 11.8 Å². The Hall–Kier alpha value is -4.73. The van der Waals surface area contributed by atoms with Gasteiger partial charge in [-0.05, 0) is 42.7 Å². The minimum atomic E-state index is -4.73. The third-order valence-electron chi connectivity index (χ3n) is 6.46. The number of ether oxygens (including phenoxy) is 4. The van der Waals surface area contributed by atoms with E-state index in [2.05, 4.69) is 9.71 Å². The van der Waals surface area contributed by atoms with Crippen molar-refractivity contribution in [2.45, 2.75) is 24.5 Å². The van der Waals surface area contributed by atoms with E-state index < -0.39 is 65.3 Å². The van der Waals surface area contributed by atoms with Crippen molar-refractivity contribution in [1.82, 2.24) is 9.62 Å². The van der Waals surface area contributed by atoms with Crippen LogP contribution in [0.5, 0.6) is 0 Å². The molecule has 0 aliphatic carbocycles. The summed E-state index contributed by atoms with van der Waals surface area (Å²) in [5, 5.41) is 2.14. The van der Waals surface area contributed by atoms with Crippen molar-refractivity contribution >= 4 is 51.1 Å². The van der Waals surface area contributed by atoms with Gasteiger partial charge in [0.15, 0.2) is 23.6 Å². The van der Waals surface area contributed by atoms with Crippen LogP contribution in [0.15, 0.2) is 95.4 Å². The predicted octanol–water partition coefficient (Wildman–Crippen LogP) is 3.01. The molecule has 1 saturated heterocycles. The van der Waals surface area contributed by atoms with E-state index in [1.54, 1.807) is 54.6 Å². The van der Waals surface area contributed by atoms with Gasteiger partial charge < -0.3 is 18.9 Å². The van der Waals surface area contributed by atoms with Gasteiger partial charge in [0.25, 0.3) is 0 Å². The number of thioether (sulfide) groups is 1. The molecule has 2 aliphatic heterocycles. The van der Waals surface area contributed by atoms with Crippen LogP contribution in [-0.4, -0.2) is 79.2 Å². The number of nitrogens with zero attached hydrogens (tertiary/aromatic N) is 2. The number of benzene rings is 3. The molecule has 3 aromatic carbocycles. The molecule has 5 rings (SSSR count). The normalized spacial score (nSPS) is 22.3. The van der Waals surface area contributed by atoms with Crippen molar-refractivity contribution in [2.24, 2.45) is 4.40 Å². The molecule has 15 heteroatoms. The molecule has 4 atom stereocenters. The maximum atomic E-state index is 13.2. The molecule has 44 heavy (non-hydrogen) atoms. The van der Waals surface area contributed by atoms with E-state index in [1.165, 1.54) is 42.7 Å². The van der Waals surface area contributed by atoms with E-state index in [1.807, 2.05) is 0 Å². The number of amides is 2. The highest BCUT2D eigenvalue weighted by Crippen LogP contribution is 2.34. The summed E-state index contributed by atoms with van der Waals surface area (Å²) >= 11 is 0.881. The van der Waals surface area contributed by atoms with Gasteiger partial charge in [0.1, 0.15) is 12.7 Å². The van der Waals surface area contributed by atoms with Crippen molar-refractivity contribution in [1.29, 1.82) is 0 Å². The fourth-order valence-corrected chi connectivity index (χ4v) is 6.20. The molecule has 0 bridgehead atoms. The Bertz CT molecular complexity index is 1670. The highest BCUT2D eigenvalue weighted by Gasteiger charge is 2.57. The van der Waals surface area contributed by atoms with Crippen molar-refractivity contribution in [3.63, 3.8) is 0 Å². The lowest BCUT2D eigenvalue weighted by Crippen LogP contribution is -2.57. The average molecular weight is 640 g/mol. The zero-order valence-corrected chi connectivity index (χ0v) is 24.6. The zero-order valence-electron chi connectivity index (χ0n) is 23.0. The second kappa shape index (κ2) is 13.3. The van der Waals surface area contributed by atoms with Gasteiger partial charge in [0.05, 0.1) is 16.7 Å². The molecule has 1 N–H and O–H groups in total. The van der Waals surface area contributed by atoms with Crippen molar-refractivity contribution < 1.29 is 46.5 Å². The Morgan fingerprint density at radius 3 is 1.77 bits per heavy atom. The van der Waals surface area contributed by atoms with E-state index in [-0.39, 0.29) is 26.2 Å². The van der Waals surface area contributed by atoms with E-state index in [0.29, 0.717) is 0 Å². The molecule has 3 aromatic rings. The average Bonchev–Trinajstić information content (AvgIpc) is 3.35. The van der Waals surface area contributed by atoms with Gasteiger partial charge in [-0.15, -0.1) is 4.40 Å². The van der Waals surface area contributed by atoms with Crippen LogP contribution in [0, 0.1) is 0 Å². The highest BCUT2D eigenvalue weighted by molar-refractivity contribution is 8.14. The van der Waals surface area contributed by atoms with E-state index >= 15 is 0 Å². The largest absolute Gasteiger partial charge is 0.459 e. The summed E-state index contributed by atoms with van der Waals surface area (Å²) in [7, 11) is -4.73. The monoisotopic (exact) mass is 639 g/mol. The van der Waals surface area contributed by atoms with Gasteiger partial charge in [-0.3, -0.25) is 5.32 Å². The minimum absolute atomic E-state index is 0.0898. The van der Waals surface area contributed by atoms with Crippen LogP contribution in [0.4, 0.5) is 4.79 Å². The summed E-state index contributed by atoms with van der Waals surface area (Å²) in [6.07, 6.45) is -4.99. The summed E-state index contributed by atoms with van der Waals surface area (Å²) in [5.41, 5.74) is 0.428. The molecule has 0 radical (unpaired) electrons. The topological polar surface area (TPSA) is 167 Å². The number of urea groups is 1. The highest BCUT2D eigenvalue weighted by atomic mass is 32.2. The van der Waals surface area contributed by atoms with Gasteiger partial charge in [-0.25, -0.2) is 19.2 Å². The minimum Gasteiger partial charge on any atom is -0.459 e. The fraction of sp³-hybridized carbons (Fsp3) is 0.207. The molecule has 228 valence electrons. The lowest BCUT2D eigenvalue weighted by atomic mass is 10.1. The Balaban J connectivity index is 1.52. The smallest absolute Gasteiger partial charge is 0.353 e. The number of carbonyl (C=O) groups is 4. The van der Waals surface area contributed by atoms with Gasteiger partial charge >= 0.3 is 34.1 Å². The maximum Gasteiger partial charge on any atom is 0.353 e. The number of carbonyl (C=O) groups excluding carboxylic acids is 4. The lowest BCUT2D eigenvalue weighted by Gasteiger charge is -2.32. The second-order valence-corrected chi connectivity index (χ2v) is 11.6. The molecule has 2 aliphatic rings. The summed E-state index contributed by atoms with van der Waals surface area (Å²) in [6.45, 7) is -0.564. The van der Waals surface area contributed by atoms with Crippen LogP contribution >= 0.6 is 11.8 Å². The van der Waals surface area contributed by atoms with Crippen LogP contribution < -0.4 is 5.32 Å². The molecule has 2 heterocycles. The quantitative estimate of drug-likeness (QED) is 0.284. The summed E-state index contributed by atoms with van der Waals surface area (Å²) < 4.78 is 53.1. The number of amidine groups is 1. The molecule has 0 unspecified atom stereocenters. The number of hydrogen-bond donors (Lipinski definition) is 1. The molecule has 2 amide bonds. The van der Waals surface area contributed by atoms with Crippen molar-refractivity contribution in [2.75, 3.05) is 12.9 Å². The van der Waals surface area contributed by atoms with E-state index in [4.69, 9.17) is 18.9 Å². The Morgan fingerprint density at radius 2 is 1.30 bits per heavy atom. The van der Waals surface area contributed by atoms with Gasteiger partial charge in [-0.1, -0.05) is 66.4 Å². The van der Waals surface area contributed by atoms with Crippen LogP contribution in [0.2, 0.25) is 0 Å². The third kappa shape index (κ3) is 6.74. The fourth-order valence-electron chi connectivity index (χ4n) is 4.40. The standard InChI is InChI=1S/C29H25N3O10S2/c1-43-28-30-29(36)32(44(37,38)31-28)24-23(42-27(35)20-15-9-4-10-16-20)22(41-26(34)19-13-7-3-8-14-19)21(40-24)17-39-25(33)18-11-5-2-6-12-18/h2-16,21-24H,17H2,1H3,(H,30,31,36)/t21-,22-,23-,24-/m1/s1. The first-order chi connectivity index (χ1) is 21.2. The molecular weight excluding hydrogens is 614 g/mol. The number of hydrogen-bond acceptors (Lipinski definition) is 11. The first-order valence-corrected chi connectivity index (χ1v) is 15.7. The Kier molecular flexibility index (Phi) is 9.27. The first-order valence-electron chi connectivity index (χ1n) is 13.1. The molecule has 0 aromatic heterocycles. The first kappa shape index (κ1) is 30.7. The Labute approximate surface area is 256 Å². The number of esters is 3. The number of rotatable bonds is 8. The lowest BCUT2D eigenvalue weighted by molar-refractivity contribution is -0.0630.